The molecule has 38 heavy (non-hydrogen) atoms. The molecule has 3 N–H and O–H groups in total. The highest BCUT2D eigenvalue weighted by Gasteiger charge is 2.21. The van der Waals surface area contributed by atoms with Crippen molar-refractivity contribution in [1.29, 1.82) is 0 Å². The fourth-order valence-corrected chi connectivity index (χ4v) is 4.51. The van der Waals surface area contributed by atoms with Gasteiger partial charge in [-0.2, -0.15) is 0 Å². The van der Waals surface area contributed by atoms with Crippen LogP contribution < -0.4 is 15.5 Å². The Morgan fingerprint density at radius 2 is 1.74 bits per heavy atom. The maximum absolute atomic E-state index is 12.0. The molecule has 1 saturated heterocycles. The molecule has 4 rings (SSSR count). The van der Waals surface area contributed by atoms with Gasteiger partial charge in [0.2, 0.25) is 11.9 Å². The van der Waals surface area contributed by atoms with Gasteiger partial charge in [-0.3, -0.25) is 4.79 Å². The van der Waals surface area contributed by atoms with Crippen molar-refractivity contribution in [1.82, 2.24) is 19.9 Å². The molecule has 0 radical (unpaired) electrons. The van der Waals surface area contributed by atoms with Gasteiger partial charge in [0.1, 0.15) is 5.82 Å². The summed E-state index contributed by atoms with van der Waals surface area (Å²) in [5.74, 6) is 0.546. The maximum Gasteiger partial charge on any atom is 0.328 e. The molecule has 198 valence electrons. The molecule has 0 aliphatic carbocycles. The molecule has 10 nitrogen and oxygen atoms in total. The van der Waals surface area contributed by atoms with Crippen LogP contribution in [0.5, 0.6) is 0 Å². The largest absolute Gasteiger partial charge is 0.478 e. The number of amides is 1. The lowest BCUT2D eigenvalue weighted by Gasteiger charge is -2.36. The minimum Gasteiger partial charge on any atom is -0.478 e. The number of carboxylic acids is 1. The molecule has 0 atom stereocenters. The van der Waals surface area contributed by atoms with Crippen LogP contribution in [0.1, 0.15) is 23.6 Å². The highest BCUT2D eigenvalue weighted by atomic mass is 16.4. The first-order valence-electron chi connectivity index (χ1n) is 12.6. The zero-order valence-electron chi connectivity index (χ0n) is 21.7. The number of nitrogens with zero attached hydrogens (tertiary/aromatic N) is 6. The van der Waals surface area contributed by atoms with Crippen molar-refractivity contribution in [2.45, 2.75) is 20.4 Å². The summed E-state index contributed by atoms with van der Waals surface area (Å²) in [6.07, 6.45) is 8.03. The lowest BCUT2D eigenvalue weighted by molar-refractivity contribution is -0.131. The molecule has 1 amide bonds. The number of carbonyl (C=O) groups excluding carboxylic acids is 1. The van der Waals surface area contributed by atoms with Gasteiger partial charge < -0.3 is 25.5 Å². The monoisotopic (exact) mass is 515 g/mol. The quantitative estimate of drug-likeness (QED) is 0.413. The Hall–Kier alpha value is -4.31. The van der Waals surface area contributed by atoms with E-state index in [4.69, 9.17) is 10.8 Å². The number of rotatable bonds is 9. The SMILES string of the molecule is CCN(Cc1cccc(-c2cnc(N3CCN(c4ncc(C=CC(=O)O)cc4C)CC3)nc2)c1)C(=O)CN. The van der Waals surface area contributed by atoms with E-state index in [2.05, 4.69) is 30.8 Å². The van der Waals surface area contributed by atoms with E-state index in [0.29, 0.717) is 19.0 Å². The van der Waals surface area contributed by atoms with Gasteiger partial charge in [0.25, 0.3) is 0 Å². The Kier molecular flexibility index (Phi) is 8.65. The van der Waals surface area contributed by atoms with Crippen molar-refractivity contribution in [2.75, 3.05) is 49.1 Å². The molecule has 1 aliphatic rings. The summed E-state index contributed by atoms with van der Waals surface area (Å²) < 4.78 is 0. The van der Waals surface area contributed by atoms with Crippen LogP contribution in [0, 0.1) is 6.92 Å². The normalized spacial score (nSPS) is 13.7. The topological polar surface area (TPSA) is 129 Å². The number of piperazine rings is 1. The van der Waals surface area contributed by atoms with Crippen molar-refractivity contribution in [3.05, 3.63) is 71.7 Å². The van der Waals surface area contributed by atoms with Crippen LogP contribution in [0.3, 0.4) is 0 Å². The second-order valence-electron chi connectivity index (χ2n) is 9.14. The Bertz CT molecular complexity index is 1300. The van der Waals surface area contributed by atoms with E-state index in [1.165, 1.54) is 0 Å². The molecule has 1 fully saturated rings. The van der Waals surface area contributed by atoms with Gasteiger partial charge in [0.15, 0.2) is 0 Å². The summed E-state index contributed by atoms with van der Waals surface area (Å²) >= 11 is 0. The number of pyridine rings is 1. The molecule has 0 saturated carbocycles. The second-order valence-corrected chi connectivity index (χ2v) is 9.14. The van der Waals surface area contributed by atoms with Gasteiger partial charge in [-0.05, 0) is 54.3 Å². The number of carbonyl (C=O) groups is 2. The first kappa shape index (κ1) is 26.7. The van der Waals surface area contributed by atoms with E-state index >= 15 is 0 Å². The van der Waals surface area contributed by atoms with Crippen LogP contribution in [0.15, 0.2) is 55.0 Å². The average Bonchev–Trinajstić information content (AvgIpc) is 2.95. The number of likely N-dealkylation sites (N-methyl/N-ethyl adjacent to an activating group) is 1. The predicted octanol–water partition coefficient (Wildman–Crippen LogP) is 2.58. The minimum atomic E-state index is -0.981. The van der Waals surface area contributed by atoms with Gasteiger partial charge in [-0.1, -0.05) is 18.2 Å². The van der Waals surface area contributed by atoms with Crippen molar-refractivity contribution >= 4 is 29.7 Å². The lowest BCUT2D eigenvalue weighted by Crippen LogP contribution is -2.47. The van der Waals surface area contributed by atoms with Crippen LogP contribution in [-0.4, -0.2) is 76.1 Å². The van der Waals surface area contributed by atoms with Crippen LogP contribution in [0.25, 0.3) is 17.2 Å². The third-order valence-electron chi connectivity index (χ3n) is 6.53. The smallest absolute Gasteiger partial charge is 0.328 e. The summed E-state index contributed by atoms with van der Waals surface area (Å²) in [5.41, 5.74) is 10.2. The molecule has 10 heteroatoms. The fourth-order valence-electron chi connectivity index (χ4n) is 4.51. The van der Waals surface area contributed by atoms with Crippen molar-refractivity contribution in [3.63, 3.8) is 0 Å². The molecule has 0 unspecified atom stereocenters. The summed E-state index contributed by atoms with van der Waals surface area (Å²) in [4.78, 5) is 42.7. The van der Waals surface area contributed by atoms with Crippen molar-refractivity contribution in [2.24, 2.45) is 5.73 Å². The number of aryl methyl sites for hydroxylation is 1. The number of nitrogens with two attached hydrogens (primary N) is 1. The highest BCUT2D eigenvalue weighted by molar-refractivity contribution is 5.85. The van der Waals surface area contributed by atoms with E-state index in [1.807, 2.05) is 50.5 Å². The number of carboxylic acid groups (broad SMARTS) is 1. The van der Waals surface area contributed by atoms with Crippen molar-refractivity contribution in [3.8, 4) is 11.1 Å². The zero-order valence-corrected chi connectivity index (χ0v) is 21.7. The van der Waals surface area contributed by atoms with Crippen LogP contribution in [-0.2, 0) is 16.1 Å². The Morgan fingerprint density at radius 1 is 1.03 bits per heavy atom. The molecule has 0 spiro atoms. The van der Waals surface area contributed by atoms with E-state index in [-0.39, 0.29) is 12.5 Å². The molecule has 0 bridgehead atoms. The third-order valence-corrected chi connectivity index (χ3v) is 6.53. The number of aliphatic carboxylic acids is 1. The first-order valence-corrected chi connectivity index (χ1v) is 12.6. The number of anilines is 2. The van der Waals surface area contributed by atoms with Gasteiger partial charge in [0, 0.05) is 69.5 Å². The number of hydrogen-bond donors (Lipinski definition) is 2. The van der Waals surface area contributed by atoms with Crippen molar-refractivity contribution < 1.29 is 14.7 Å². The molecule has 3 heterocycles. The first-order chi connectivity index (χ1) is 18.4. The average molecular weight is 516 g/mol. The highest BCUT2D eigenvalue weighted by Crippen LogP contribution is 2.24. The molecule has 1 aliphatic heterocycles. The Balaban J connectivity index is 1.38. The Labute approximate surface area is 222 Å². The van der Waals surface area contributed by atoms with E-state index in [9.17, 15) is 9.59 Å². The van der Waals surface area contributed by atoms with Gasteiger partial charge >= 0.3 is 5.97 Å². The van der Waals surface area contributed by atoms with Crippen LogP contribution in [0.2, 0.25) is 0 Å². The van der Waals surface area contributed by atoms with E-state index < -0.39 is 5.97 Å². The number of benzene rings is 1. The Morgan fingerprint density at radius 3 is 2.37 bits per heavy atom. The standard InChI is InChI=1S/C28H33N7O3/c1-3-33(25(36)15-29)19-22-5-4-6-23(14-22)24-17-31-28(32-18-24)35-11-9-34(10-12-35)27-20(2)13-21(16-30-27)7-8-26(37)38/h4-8,13-14,16-18H,3,9-12,15,19,29H2,1-2H3,(H,37,38). The molecular weight excluding hydrogens is 482 g/mol. The zero-order chi connectivity index (χ0) is 27.1. The van der Waals surface area contributed by atoms with E-state index in [0.717, 1.165) is 65.9 Å². The molecule has 2 aromatic heterocycles. The van der Waals surface area contributed by atoms with Crippen LogP contribution in [0.4, 0.5) is 11.8 Å². The summed E-state index contributed by atoms with van der Waals surface area (Å²) in [7, 11) is 0. The molecule has 3 aromatic rings. The van der Waals surface area contributed by atoms with Crippen LogP contribution >= 0.6 is 0 Å². The van der Waals surface area contributed by atoms with E-state index in [1.54, 1.807) is 17.2 Å². The summed E-state index contributed by atoms with van der Waals surface area (Å²) in [5, 5.41) is 8.82. The second kappa shape index (κ2) is 12.3. The minimum absolute atomic E-state index is 0.00564. The lowest BCUT2D eigenvalue weighted by atomic mass is 10.1. The maximum atomic E-state index is 12.0. The summed E-state index contributed by atoms with van der Waals surface area (Å²) in [6, 6.07) is 9.99. The third kappa shape index (κ3) is 6.51. The summed E-state index contributed by atoms with van der Waals surface area (Å²) in [6.45, 7) is 8.14. The van der Waals surface area contributed by atoms with Gasteiger partial charge in [-0.25, -0.2) is 19.7 Å². The number of aromatic nitrogens is 3. The van der Waals surface area contributed by atoms with Gasteiger partial charge in [0.05, 0.1) is 6.54 Å². The molecular formula is C28H33N7O3. The van der Waals surface area contributed by atoms with Gasteiger partial charge in [-0.15, -0.1) is 0 Å². The number of hydrogen-bond acceptors (Lipinski definition) is 8. The predicted molar refractivity (Wildman–Crippen MR) is 148 cm³/mol. The fraction of sp³-hybridized carbons (Fsp3) is 0.321. The molecule has 1 aromatic carbocycles.